The molecule has 0 fully saturated rings. The fourth-order valence-corrected chi connectivity index (χ4v) is 4.68. The molecular weight excluding hydrogens is 362 g/mol. The lowest BCUT2D eigenvalue weighted by molar-refractivity contribution is 0.519. The van der Waals surface area contributed by atoms with Crippen molar-refractivity contribution in [3.05, 3.63) is 23.5 Å². The van der Waals surface area contributed by atoms with Crippen LogP contribution in [0.5, 0.6) is 0 Å². The maximum absolute atomic E-state index is 3.28. The zero-order chi connectivity index (χ0) is 21.5. The summed E-state index contributed by atoms with van der Waals surface area (Å²) in [5, 5.41) is 0. The number of rotatable bonds is 23. The van der Waals surface area contributed by atoms with Crippen molar-refractivity contribution < 1.29 is 0 Å². The Morgan fingerprint density at radius 3 is 1.13 bits per heavy atom. The topological polar surface area (TPSA) is 15.8 Å². The van der Waals surface area contributed by atoms with Crippen LogP contribution in [0.3, 0.4) is 0 Å². The van der Waals surface area contributed by atoms with E-state index in [1.165, 1.54) is 159 Å². The second-order valence-electron chi connectivity index (χ2n) is 9.80. The van der Waals surface area contributed by atoms with Crippen LogP contribution in [-0.2, 0) is 6.42 Å². The van der Waals surface area contributed by atoms with E-state index >= 15 is 0 Å². The molecule has 1 aromatic rings. The third kappa shape index (κ3) is 17.0. The minimum absolute atomic E-state index is 1.26. The Morgan fingerprint density at radius 2 is 0.833 bits per heavy atom. The molecule has 1 rings (SSSR count). The molecule has 0 saturated heterocycles. The largest absolute Gasteiger partial charge is 0.365 e. The molecule has 30 heavy (non-hydrogen) atoms. The number of aromatic nitrogens is 1. The Kier molecular flexibility index (Phi) is 19.6. The fraction of sp³-hybridized carbons (Fsp3) is 0.862. The molecule has 0 aromatic carbocycles. The molecule has 0 aliphatic carbocycles. The molecule has 0 aliphatic rings. The molecule has 0 bridgehead atoms. The van der Waals surface area contributed by atoms with E-state index in [9.17, 15) is 0 Å². The summed E-state index contributed by atoms with van der Waals surface area (Å²) in [6, 6.07) is 2.24. The summed E-state index contributed by atoms with van der Waals surface area (Å²) in [6.07, 6.45) is 35.4. The first kappa shape index (κ1) is 27.3. The van der Waals surface area contributed by atoms with E-state index < -0.39 is 0 Å². The lowest BCUT2D eigenvalue weighted by atomic mass is 10.0. The highest BCUT2D eigenvalue weighted by molar-refractivity contribution is 5.18. The molecule has 0 aliphatic heterocycles. The van der Waals surface area contributed by atoms with Gasteiger partial charge >= 0.3 is 0 Å². The molecule has 1 heterocycles. The average molecular weight is 418 g/mol. The van der Waals surface area contributed by atoms with Gasteiger partial charge in [-0.25, -0.2) is 0 Å². The number of hydrogen-bond acceptors (Lipinski definition) is 0. The van der Waals surface area contributed by atoms with Gasteiger partial charge in [0.15, 0.2) is 0 Å². The number of unbranched alkanes of at least 4 members (excludes halogenated alkanes) is 21. The normalized spacial score (nSPS) is 11.4. The third-order valence-electron chi connectivity index (χ3n) is 6.87. The smallest absolute Gasteiger partial charge is 0.0148 e. The first-order chi connectivity index (χ1) is 14.8. The highest BCUT2D eigenvalue weighted by atomic mass is 14.7. The molecule has 1 heteroatoms. The predicted octanol–water partition coefficient (Wildman–Crippen LogP) is 10.5. The summed E-state index contributed by atoms with van der Waals surface area (Å²) in [5.74, 6) is 0. The van der Waals surface area contributed by atoms with Crippen LogP contribution in [0.15, 0.2) is 12.3 Å². The minimum atomic E-state index is 1.26. The zero-order valence-corrected chi connectivity index (χ0v) is 20.9. The number of hydrogen-bond donors (Lipinski definition) is 1. The van der Waals surface area contributed by atoms with Gasteiger partial charge in [0.2, 0.25) is 0 Å². The van der Waals surface area contributed by atoms with Crippen LogP contribution in [-0.4, -0.2) is 4.98 Å². The molecule has 0 amide bonds. The molecule has 0 spiro atoms. The van der Waals surface area contributed by atoms with Crippen LogP contribution in [0.4, 0.5) is 0 Å². The summed E-state index contributed by atoms with van der Waals surface area (Å²) in [7, 11) is 0. The lowest BCUT2D eigenvalue weighted by Crippen LogP contribution is -1.87. The van der Waals surface area contributed by atoms with Gasteiger partial charge in [-0.15, -0.1) is 0 Å². The summed E-state index contributed by atoms with van der Waals surface area (Å²) in [5.41, 5.74) is 2.88. The SMILES string of the molecule is CCCCCCCCCCCCCCCCCCCCCCCCc1cc[nH]c1C. The van der Waals surface area contributed by atoms with Gasteiger partial charge in [0.05, 0.1) is 0 Å². The summed E-state index contributed by atoms with van der Waals surface area (Å²) in [6.45, 7) is 4.49. The standard InChI is InChI=1S/C29H55N/c1-3-4-5-6-7-8-9-10-11-12-13-14-15-16-17-18-19-20-21-22-23-24-25-29-26-27-30-28(29)2/h26-27,30H,3-25H2,1-2H3. The van der Waals surface area contributed by atoms with Gasteiger partial charge in [-0.05, 0) is 31.4 Å². The van der Waals surface area contributed by atoms with Gasteiger partial charge in [-0.3, -0.25) is 0 Å². The van der Waals surface area contributed by atoms with Crippen molar-refractivity contribution >= 4 is 0 Å². The first-order valence-electron chi connectivity index (χ1n) is 14.0. The Hall–Kier alpha value is -0.720. The number of nitrogens with one attached hydrogen (secondary N) is 1. The average Bonchev–Trinajstić information content (AvgIpc) is 3.16. The highest BCUT2D eigenvalue weighted by Crippen LogP contribution is 2.16. The Morgan fingerprint density at radius 1 is 0.500 bits per heavy atom. The Labute approximate surface area is 190 Å². The maximum atomic E-state index is 3.28. The van der Waals surface area contributed by atoms with E-state index in [4.69, 9.17) is 0 Å². The van der Waals surface area contributed by atoms with Crippen LogP contribution in [0.2, 0.25) is 0 Å². The van der Waals surface area contributed by atoms with E-state index in [1.54, 1.807) is 0 Å². The van der Waals surface area contributed by atoms with Crippen molar-refractivity contribution in [1.82, 2.24) is 4.98 Å². The fourth-order valence-electron chi connectivity index (χ4n) is 4.68. The lowest BCUT2D eigenvalue weighted by Gasteiger charge is -2.04. The van der Waals surface area contributed by atoms with E-state index in [-0.39, 0.29) is 0 Å². The van der Waals surface area contributed by atoms with E-state index in [0.29, 0.717) is 0 Å². The summed E-state index contributed by atoms with van der Waals surface area (Å²) in [4.78, 5) is 3.28. The number of H-pyrrole nitrogens is 1. The number of aromatic amines is 1. The van der Waals surface area contributed by atoms with Crippen LogP contribution in [0.25, 0.3) is 0 Å². The summed E-state index contributed by atoms with van der Waals surface area (Å²) >= 11 is 0. The van der Waals surface area contributed by atoms with Gasteiger partial charge in [0.1, 0.15) is 0 Å². The quantitative estimate of drug-likeness (QED) is 0.170. The zero-order valence-electron chi connectivity index (χ0n) is 20.9. The second-order valence-corrected chi connectivity index (χ2v) is 9.80. The Balaban J connectivity index is 1.66. The van der Waals surface area contributed by atoms with Gasteiger partial charge in [-0.2, -0.15) is 0 Å². The second kappa shape index (κ2) is 21.5. The molecule has 1 aromatic heterocycles. The molecule has 0 saturated carbocycles. The molecular formula is C29H55N. The number of aryl methyl sites for hydroxylation is 2. The first-order valence-corrected chi connectivity index (χ1v) is 14.0. The van der Waals surface area contributed by atoms with Crippen LogP contribution >= 0.6 is 0 Å². The van der Waals surface area contributed by atoms with Gasteiger partial charge < -0.3 is 4.98 Å². The van der Waals surface area contributed by atoms with Crippen LogP contribution in [0, 0.1) is 6.92 Å². The van der Waals surface area contributed by atoms with Crippen molar-refractivity contribution in [1.29, 1.82) is 0 Å². The molecule has 0 unspecified atom stereocenters. The van der Waals surface area contributed by atoms with E-state index in [2.05, 4.69) is 31.1 Å². The predicted molar refractivity (Wildman–Crippen MR) is 136 cm³/mol. The van der Waals surface area contributed by atoms with Crippen molar-refractivity contribution in [3.63, 3.8) is 0 Å². The molecule has 1 nitrogen and oxygen atoms in total. The van der Waals surface area contributed by atoms with Crippen LogP contribution < -0.4 is 0 Å². The van der Waals surface area contributed by atoms with Gasteiger partial charge in [-0.1, -0.05) is 142 Å². The Bertz CT molecular complexity index is 447. The van der Waals surface area contributed by atoms with E-state index in [0.717, 1.165) is 0 Å². The maximum Gasteiger partial charge on any atom is 0.0148 e. The molecule has 0 atom stereocenters. The van der Waals surface area contributed by atoms with Crippen LogP contribution in [0.1, 0.15) is 159 Å². The van der Waals surface area contributed by atoms with Gasteiger partial charge in [0, 0.05) is 11.9 Å². The van der Waals surface area contributed by atoms with Crippen molar-refractivity contribution in [3.8, 4) is 0 Å². The minimum Gasteiger partial charge on any atom is -0.365 e. The highest BCUT2D eigenvalue weighted by Gasteiger charge is 1.99. The van der Waals surface area contributed by atoms with Crippen molar-refractivity contribution in [2.45, 2.75) is 162 Å². The van der Waals surface area contributed by atoms with E-state index in [1.807, 2.05) is 0 Å². The molecule has 1 N–H and O–H groups in total. The van der Waals surface area contributed by atoms with Crippen molar-refractivity contribution in [2.75, 3.05) is 0 Å². The molecule has 0 radical (unpaired) electrons. The summed E-state index contributed by atoms with van der Waals surface area (Å²) < 4.78 is 0. The van der Waals surface area contributed by atoms with Crippen molar-refractivity contribution in [2.24, 2.45) is 0 Å². The third-order valence-corrected chi connectivity index (χ3v) is 6.87. The molecule has 176 valence electrons. The monoisotopic (exact) mass is 417 g/mol. The van der Waals surface area contributed by atoms with Gasteiger partial charge in [0.25, 0.3) is 0 Å².